The fraction of sp³-hybridized carbons (Fsp3) is 0.462. The van der Waals surface area contributed by atoms with Crippen molar-refractivity contribution in [3.8, 4) is 0 Å². The molecule has 0 spiro atoms. The zero-order valence-electron chi connectivity index (χ0n) is 9.45. The number of nitrogens with zero attached hydrogens (tertiary/aromatic N) is 1. The predicted molar refractivity (Wildman–Crippen MR) is 67.5 cm³/mol. The van der Waals surface area contributed by atoms with Crippen molar-refractivity contribution >= 4 is 23.6 Å². The lowest BCUT2D eigenvalue weighted by Crippen LogP contribution is -2.30. The van der Waals surface area contributed by atoms with Crippen LogP contribution in [-0.4, -0.2) is 19.9 Å². The molecule has 0 saturated heterocycles. The van der Waals surface area contributed by atoms with Gasteiger partial charge in [0.05, 0.1) is 10.7 Å². The number of benzene rings is 1. The number of aldehydes is 1. The maximum Gasteiger partial charge on any atom is 0.152 e. The number of anilines is 1. The first-order valence-corrected chi connectivity index (χ1v) is 6.05. The van der Waals surface area contributed by atoms with E-state index in [9.17, 15) is 4.79 Å². The second-order valence-electron chi connectivity index (χ2n) is 4.47. The van der Waals surface area contributed by atoms with Crippen molar-refractivity contribution in [2.45, 2.75) is 19.3 Å². The Morgan fingerprint density at radius 1 is 1.50 bits per heavy atom. The van der Waals surface area contributed by atoms with E-state index in [0.717, 1.165) is 24.4 Å². The molecule has 0 heterocycles. The Balaban J connectivity index is 2.19. The van der Waals surface area contributed by atoms with Crippen LogP contribution in [0.25, 0.3) is 0 Å². The molecule has 2 rings (SSSR count). The molecule has 2 nitrogen and oxygen atoms in total. The molecular weight excluding hydrogens is 222 g/mol. The highest BCUT2D eigenvalue weighted by atomic mass is 35.5. The van der Waals surface area contributed by atoms with Gasteiger partial charge in [0.25, 0.3) is 0 Å². The minimum Gasteiger partial charge on any atom is -0.373 e. The SMILES string of the molecule is CN(CC1CCC1)c1c(Cl)cccc1C=O. The smallest absolute Gasteiger partial charge is 0.152 e. The van der Waals surface area contributed by atoms with E-state index < -0.39 is 0 Å². The van der Waals surface area contributed by atoms with Crippen LogP contribution < -0.4 is 4.90 Å². The third kappa shape index (κ3) is 2.22. The molecule has 0 aliphatic heterocycles. The zero-order valence-corrected chi connectivity index (χ0v) is 10.2. The molecule has 16 heavy (non-hydrogen) atoms. The number of carbonyl (C=O) groups excluding carboxylic acids is 1. The van der Waals surface area contributed by atoms with Gasteiger partial charge in [-0.3, -0.25) is 4.79 Å². The van der Waals surface area contributed by atoms with E-state index in [1.165, 1.54) is 19.3 Å². The average Bonchev–Trinajstić information content (AvgIpc) is 2.22. The van der Waals surface area contributed by atoms with Crippen molar-refractivity contribution in [2.24, 2.45) is 5.92 Å². The number of halogens is 1. The number of carbonyl (C=O) groups is 1. The first-order valence-electron chi connectivity index (χ1n) is 5.67. The minimum atomic E-state index is 0.659. The minimum absolute atomic E-state index is 0.659. The third-order valence-electron chi connectivity index (χ3n) is 3.28. The first-order chi connectivity index (χ1) is 7.72. The van der Waals surface area contributed by atoms with Crippen LogP contribution in [0.1, 0.15) is 29.6 Å². The van der Waals surface area contributed by atoms with E-state index in [1.54, 1.807) is 0 Å². The van der Waals surface area contributed by atoms with Gasteiger partial charge in [-0.2, -0.15) is 0 Å². The highest BCUT2D eigenvalue weighted by molar-refractivity contribution is 6.33. The molecule has 0 aromatic heterocycles. The van der Waals surface area contributed by atoms with Gasteiger partial charge in [0.1, 0.15) is 0 Å². The summed E-state index contributed by atoms with van der Waals surface area (Å²) in [5.41, 5.74) is 1.54. The number of rotatable bonds is 4. The lowest BCUT2D eigenvalue weighted by atomic mass is 9.85. The van der Waals surface area contributed by atoms with Gasteiger partial charge >= 0.3 is 0 Å². The molecule has 1 aliphatic rings. The highest BCUT2D eigenvalue weighted by Gasteiger charge is 2.21. The molecule has 1 saturated carbocycles. The van der Waals surface area contributed by atoms with Gasteiger partial charge in [-0.05, 0) is 30.9 Å². The summed E-state index contributed by atoms with van der Waals surface area (Å²) in [6.07, 6.45) is 4.80. The zero-order chi connectivity index (χ0) is 11.5. The van der Waals surface area contributed by atoms with Crippen LogP contribution >= 0.6 is 11.6 Å². The second kappa shape index (κ2) is 4.88. The molecule has 86 valence electrons. The van der Waals surface area contributed by atoms with Crippen LogP contribution in [0.3, 0.4) is 0 Å². The van der Waals surface area contributed by atoms with Crippen LogP contribution in [0.2, 0.25) is 5.02 Å². The summed E-state index contributed by atoms with van der Waals surface area (Å²) in [6, 6.07) is 5.46. The Hall–Kier alpha value is -1.02. The average molecular weight is 238 g/mol. The fourth-order valence-corrected chi connectivity index (χ4v) is 2.51. The molecular formula is C13H16ClNO. The van der Waals surface area contributed by atoms with E-state index in [2.05, 4.69) is 4.90 Å². The van der Waals surface area contributed by atoms with Gasteiger partial charge in [0, 0.05) is 19.2 Å². The molecule has 1 aromatic rings. The molecule has 0 bridgehead atoms. The monoisotopic (exact) mass is 237 g/mol. The van der Waals surface area contributed by atoms with E-state index in [-0.39, 0.29) is 0 Å². The van der Waals surface area contributed by atoms with E-state index in [0.29, 0.717) is 10.6 Å². The van der Waals surface area contributed by atoms with E-state index >= 15 is 0 Å². The predicted octanol–water partition coefficient (Wildman–Crippen LogP) is 3.39. The summed E-state index contributed by atoms with van der Waals surface area (Å²) in [6.45, 7) is 0.991. The summed E-state index contributed by atoms with van der Waals surface area (Å²) in [4.78, 5) is 13.1. The fourth-order valence-electron chi connectivity index (χ4n) is 2.18. The molecule has 1 aromatic carbocycles. The van der Waals surface area contributed by atoms with Gasteiger partial charge < -0.3 is 4.90 Å². The summed E-state index contributed by atoms with van der Waals surface area (Å²) in [7, 11) is 2.01. The Morgan fingerprint density at radius 3 is 2.81 bits per heavy atom. The molecule has 1 fully saturated rings. The highest BCUT2D eigenvalue weighted by Crippen LogP contribution is 2.32. The molecule has 0 radical (unpaired) electrons. The van der Waals surface area contributed by atoms with E-state index in [4.69, 9.17) is 11.6 Å². The van der Waals surface area contributed by atoms with Gasteiger partial charge in [-0.15, -0.1) is 0 Å². The van der Waals surface area contributed by atoms with Crippen LogP contribution in [0, 0.1) is 5.92 Å². The van der Waals surface area contributed by atoms with Crippen molar-refractivity contribution in [2.75, 3.05) is 18.5 Å². The summed E-state index contributed by atoms with van der Waals surface area (Å²) >= 11 is 6.15. The molecule has 3 heteroatoms. The topological polar surface area (TPSA) is 20.3 Å². The number of hydrogen-bond acceptors (Lipinski definition) is 2. The molecule has 0 amide bonds. The quantitative estimate of drug-likeness (QED) is 0.749. The van der Waals surface area contributed by atoms with Gasteiger partial charge in [-0.25, -0.2) is 0 Å². The van der Waals surface area contributed by atoms with Gasteiger partial charge in [0.15, 0.2) is 6.29 Å². The largest absolute Gasteiger partial charge is 0.373 e. The van der Waals surface area contributed by atoms with Crippen molar-refractivity contribution in [3.05, 3.63) is 28.8 Å². The van der Waals surface area contributed by atoms with Crippen LogP contribution in [-0.2, 0) is 0 Å². The van der Waals surface area contributed by atoms with Gasteiger partial charge in [0.2, 0.25) is 0 Å². The second-order valence-corrected chi connectivity index (χ2v) is 4.88. The lowest BCUT2D eigenvalue weighted by molar-refractivity contribution is 0.112. The summed E-state index contributed by atoms with van der Waals surface area (Å²) in [5.74, 6) is 0.765. The molecule has 0 unspecified atom stereocenters. The first kappa shape index (κ1) is 11.5. The van der Waals surface area contributed by atoms with E-state index in [1.807, 2.05) is 25.2 Å². The molecule has 0 N–H and O–H groups in total. The van der Waals surface area contributed by atoms with Gasteiger partial charge in [-0.1, -0.05) is 24.1 Å². The molecule has 0 atom stereocenters. The van der Waals surface area contributed by atoms with Crippen molar-refractivity contribution in [1.29, 1.82) is 0 Å². The van der Waals surface area contributed by atoms with Crippen molar-refractivity contribution in [3.63, 3.8) is 0 Å². The number of hydrogen-bond donors (Lipinski definition) is 0. The van der Waals surface area contributed by atoms with Crippen LogP contribution in [0.15, 0.2) is 18.2 Å². The van der Waals surface area contributed by atoms with Crippen molar-refractivity contribution in [1.82, 2.24) is 0 Å². The normalized spacial score (nSPS) is 15.6. The summed E-state index contributed by atoms with van der Waals surface area (Å²) < 4.78 is 0. The Kier molecular flexibility index (Phi) is 3.49. The Labute approximate surface area is 101 Å². The lowest BCUT2D eigenvalue weighted by Gasteiger charge is -2.32. The Bertz CT molecular complexity index is 388. The van der Waals surface area contributed by atoms with Crippen LogP contribution in [0.5, 0.6) is 0 Å². The standard InChI is InChI=1S/C13H16ClNO/c1-15(8-10-4-2-5-10)13-11(9-16)6-3-7-12(13)14/h3,6-7,9-10H,2,4-5,8H2,1H3. The summed E-state index contributed by atoms with van der Waals surface area (Å²) in [5, 5.41) is 0.659. The maximum absolute atomic E-state index is 11.0. The van der Waals surface area contributed by atoms with Crippen molar-refractivity contribution < 1.29 is 4.79 Å². The Morgan fingerprint density at radius 2 is 2.25 bits per heavy atom. The number of para-hydroxylation sites is 1. The van der Waals surface area contributed by atoms with Crippen LogP contribution in [0.4, 0.5) is 5.69 Å². The molecule has 1 aliphatic carbocycles. The third-order valence-corrected chi connectivity index (χ3v) is 3.59. The maximum atomic E-state index is 11.0.